The largest absolute Gasteiger partial charge is 0.870 e. The summed E-state index contributed by atoms with van der Waals surface area (Å²) in [7, 11) is 0. The molecule has 1 heterocycles. The maximum Gasteiger partial charge on any atom is 0.269 e. The van der Waals surface area contributed by atoms with Gasteiger partial charge in [-0.3, -0.25) is 4.72 Å². The Kier molecular flexibility index (Phi) is 5.72. The maximum atomic E-state index is 8.75. The second-order valence-corrected chi connectivity index (χ2v) is 1.32. The molecule has 1 N–H and O–H groups in total. The molecule has 1 saturated heterocycles. The maximum absolute atomic E-state index is 8.75. The summed E-state index contributed by atoms with van der Waals surface area (Å²) in [6.07, 6.45) is 2.56. The third kappa shape index (κ3) is 3.69. The smallest absolute Gasteiger partial charge is 0.269 e. The van der Waals surface area contributed by atoms with Crippen LogP contribution >= 0.6 is 0 Å². The second-order valence-electron chi connectivity index (χ2n) is 1.32. The van der Waals surface area contributed by atoms with Gasteiger partial charge in [0, 0.05) is 13.2 Å². The van der Waals surface area contributed by atoms with E-state index in [0.717, 1.165) is 13.2 Å². The summed E-state index contributed by atoms with van der Waals surface area (Å²) in [6.45, 7) is 2.00. The van der Waals surface area contributed by atoms with Gasteiger partial charge in [0.15, 0.2) is 0 Å². The van der Waals surface area contributed by atoms with E-state index in [-0.39, 0.29) is 5.48 Å². The Labute approximate surface area is 43.7 Å². The van der Waals surface area contributed by atoms with Gasteiger partial charge in [0.05, 0.1) is 0 Å². The molecule has 0 saturated carbocycles. The van der Waals surface area contributed by atoms with Gasteiger partial charge in [-0.15, -0.1) is 0 Å². The van der Waals surface area contributed by atoms with Crippen molar-refractivity contribution in [3.8, 4) is 0 Å². The van der Waals surface area contributed by atoms with Crippen molar-refractivity contribution < 1.29 is 14.9 Å². The monoisotopic (exact) mass is 110 g/mol. The Morgan fingerprint density at radius 1 is 1.29 bits per heavy atom. The van der Waals surface area contributed by atoms with Gasteiger partial charge in [0.25, 0.3) is 1.45 Å². The van der Waals surface area contributed by atoms with Crippen molar-refractivity contribution in [1.29, 1.82) is 1.45 Å². The van der Waals surface area contributed by atoms with Crippen molar-refractivity contribution in [2.45, 2.75) is 12.8 Å². The zero-order chi connectivity index (χ0) is 5.54. The molecule has 1 aliphatic heterocycles. The molecule has 46 valence electrons. The van der Waals surface area contributed by atoms with E-state index in [4.69, 9.17) is 9.45 Å². The average Bonchev–Trinajstić information content (AvgIpc) is 2.23. The summed E-state index contributed by atoms with van der Waals surface area (Å²) < 4.78 is 17.9. The van der Waals surface area contributed by atoms with Crippen molar-refractivity contribution in [3.05, 3.63) is 0 Å². The van der Waals surface area contributed by atoms with Crippen LogP contribution < -0.4 is 0 Å². The van der Waals surface area contributed by atoms with Gasteiger partial charge in [-0.25, -0.2) is 0 Å². The van der Waals surface area contributed by atoms with E-state index in [1.165, 1.54) is 12.8 Å². The fraction of sp³-hybridized carbons (Fsp3) is 1.00. The van der Waals surface area contributed by atoms with E-state index in [9.17, 15) is 0 Å². The first-order valence-corrected chi connectivity index (χ1v) is 2.08. The lowest BCUT2D eigenvalue weighted by atomic mass is 10.4. The Bertz CT molecular complexity index is 25.6. The van der Waals surface area contributed by atoms with E-state index >= 15 is 0 Å². The van der Waals surface area contributed by atoms with Gasteiger partial charge in [-0.2, -0.15) is 0 Å². The summed E-state index contributed by atoms with van der Waals surface area (Å²) in [5.41, 5.74) is 0. The van der Waals surface area contributed by atoms with Gasteiger partial charge in [-0.1, -0.05) is 0 Å². The standard InChI is InChI=1S/C4H8O.FH.H2O/c1-2-4-5-3-1;;/h1-4H2;1H;1H2/p-1/i/hD. The first kappa shape index (κ1) is 6.85. The normalized spacial score (nSPS) is 18.1. The molecule has 0 aromatic rings. The molecule has 1 fully saturated rings. The number of hydrogen-bond acceptors (Lipinski definition) is 2. The molecule has 7 heavy (non-hydrogen) atoms. The van der Waals surface area contributed by atoms with Crippen LogP contribution in [0.3, 0.4) is 0 Å². The minimum atomic E-state index is 0. The molecule has 1 rings (SSSR count). The lowest BCUT2D eigenvalue weighted by Crippen LogP contribution is -1.74. The fourth-order valence-electron chi connectivity index (χ4n) is 0.510. The van der Waals surface area contributed by atoms with Crippen LogP contribution in [0.5, 0.6) is 0 Å². The van der Waals surface area contributed by atoms with Crippen molar-refractivity contribution in [2.24, 2.45) is 0 Å². The quantitative estimate of drug-likeness (QED) is 0.462. The Balaban J connectivity index is 0. The third-order valence-corrected chi connectivity index (χ3v) is 0.827. The van der Waals surface area contributed by atoms with Crippen LogP contribution in [0.1, 0.15) is 12.8 Å². The number of rotatable bonds is 0. The summed E-state index contributed by atoms with van der Waals surface area (Å²) in [5, 5.41) is 0. The summed E-state index contributed by atoms with van der Waals surface area (Å²) in [6, 6.07) is 0. The highest BCUT2D eigenvalue weighted by Gasteiger charge is 1.94. The van der Waals surface area contributed by atoms with Crippen molar-refractivity contribution in [1.82, 2.24) is 0 Å². The van der Waals surface area contributed by atoms with Crippen LogP contribution in [0.15, 0.2) is 0 Å². The fourth-order valence-corrected chi connectivity index (χ4v) is 0.510. The van der Waals surface area contributed by atoms with Crippen LogP contribution in [0.25, 0.3) is 0 Å². The van der Waals surface area contributed by atoms with Gasteiger partial charge >= 0.3 is 0 Å². The molecule has 0 unspecified atom stereocenters. The molecule has 0 aromatic carbocycles. The molecule has 0 atom stereocenters. The minimum absolute atomic E-state index is 0. The van der Waals surface area contributed by atoms with Crippen LogP contribution in [-0.2, 0) is 4.74 Å². The van der Waals surface area contributed by atoms with Crippen molar-refractivity contribution in [3.63, 3.8) is 0 Å². The van der Waals surface area contributed by atoms with E-state index in [1.54, 1.807) is 0 Å². The third-order valence-electron chi connectivity index (χ3n) is 0.827. The van der Waals surface area contributed by atoms with Crippen LogP contribution in [-0.4, -0.2) is 20.1 Å². The number of halogens is 1. The van der Waals surface area contributed by atoms with Crippen LogP contribution in [0.4, 0.5) is 4.72 Å². The zero-order valence-electron chi connectivity index (χ0n) is 5.06. The molecular formula is C4H10FO2-. The Hall–Kier alpha value is -0.150. The van der Waals surface area contributed by atoms with Gasteiger partial charge in [0.1, 0.15) is 0 Å². The van der Waals surface area contributed by atoms with E-state index in [1.807, 2.05) is 0 Å². The second kappa shape index (κ2) is 5.85. The van der Waals surface area contributed by atoms with Crippen molar-refractivity contribution in [2.75, 3.05) is 13.2 Å². The first-order valence-electron chi connectivity index (χ1n) is 2.46. The van der Waals surface area contributed by atoms with E-state index in [2.05, 4.69) is 1.45 Å². The molecule has 1 aliphatic rings. The molecule has 0 amide bonds. The van der Waals surface area contributed by atoms with Crippen LogP contribution in [0.2, 0.25) is 0 Å². The predicted molar refractivity (Wildman–Crippen MR) is 24.5 cm³/mol. The summed E-state index contributed by atoms with van der Waals surface area (Å²) >= 11 is 0. The topological polar surface area (TPSA) is 39.2 Å². The SMILES string of the molecule is C1CCOC1.[2H]F.[OH-]. The van der Waals surface area contributed by atoms with Gasteiger partial charge in [-0.05, 0) is 12.8 Å². The molecule has 0 aromatic heterocycles. The average molecular weight is 110 g/mol. The number of ether oxygens (including phenoxy) is 1. The molecule has 3 heteroatoms. The van der Waals surface area contributed by atoms with Gasteiger partial charge in [0.2, 0.25) is 0 Å². The molecular weight excluding hydrogens is 99.0 g/mol. The molecule has 0 bridgehead atoms. The molecule has 0 aliphatic carbocycles. The zero-order valence-corrected chi connectivity index (χ0v) is 4.06. The minimum Gasteiger partial charge on any atom is -0.870 e. The number of hydrogen-bond donors (Lipinski definition) is 0. The van der Waals surface area contributed by atoms with Crippen molar-refractivity contribution >= 4 is 0 Å². The molecule has 2 nitrogen and oxygen atoms in total. The Morgan fingerprint density at radius 3 is 1.86 bits per heavy atom. The highest BCUT2D eigenvalue weighted by Crippen LogP contribution is 1.98. The molecule has 0 spiro atoms. The summed E-state index contributed by atoms with van der Waals surface area (Å²) in [4.78, 5) is 0. The van der Waals surface area contributed by atoms with E-state index in [0.29, 0.717) is 0 Å². The highest BCUT2D eigenvalue weighted by molar-refractivity contribution is 4.43. The highest BCUT2D eigenvalue weighted by atomic mass is 19.0. The van der Waals surface area contributed by atoms with E-state index < -0.39 is 0 Å². The lowest BCUT2D eigenvalue weighted by molar-refractivity contribution is 0.198. The lowest BCUT2D eigenvalue weighted by Gasteiger charge is -1.76. The predicted octanol–water partition coefficient (Wildman–Crippen LogP) is 0.773. The Morgan fingerprint density at radius 2 is 1.71 bits per heavy atom. The first-order chi connectivity index (χ1) is 3.50. The van der Waals surface area contributed by atoms with Gasteiger partial charge < -0.3 is 10.2 Å². The van der Waals surface area contributed by atoms with Crippen LogP contribution in [0, 0.1) is 0 Å². The molecule has 0 radical (unpaired) electrons. The summed E-state index contributed by atoms with van der Waals surface area (Å²) in [5.74, 6) is 0.